The monoisotopic (exact) mass is 611 g/mol. The van der Waals surface area contributed by atoms with Crippen molar-refractivity contribution in [3.05, 3.63) is 91.2 Å². The fourth-order valence-corrected chi connectivity index (χ4v) is 4.72. The van der Waals surface area contributed by atoms with Gasteiger partial charge in [0.15, 0.2) is 22.7 Å². The number of hydrogen-bond donors (Lipinski definition) is 0. The van der Waals surface area contributed by atoms with Crippen LogP contribution in [0.5, 0.6) is 34.9 Å². The molecule has 0 amide bonds. The van der Waals surface area contributed by atoms with Crippen LogP contribution in [0.2, 0.25) is 10.0 Å². The van der Waals surface area contributed by atoms with Crippen LogP contribution in [0.3, 0.4) is 0 Å². The van der Waals surface area contributed by atoms with Crippen molar-refractivity contribution in [2.45, 2.75) is 20.4 Å². The van der Waals surface area contributed by atoms with Gasteiger partial charge in [-0.05, 0) is 61.9 Å². The van der Waals surface area contributed by atoms with Crippen LogP contribution in [0, 0.1) is 0 Å². The van der Waals surface area contributed by atoms with Crippen LogP contribution in [0.1, 0.15) is 19.4 Å². The van der Waals surface area contributed by atoms with E-state index in [4.69, 9.17) is 42.1 Å². The molecule has 218 valence electrons. The van der Waals surface area contributed by atoms with E-state index in [0.717, 1.165) is 10.1 Å². The van der Waals surface area contributed by atoms with Gasteiger partial charge in [-0.1, -0.05) is 29.3 Å². The molecule has 3 heterocycles. The average molecular weight is 612 g/mol. The lowest BCUT2D eigenvalue weighted by Gasteiger charge is -2.14. The summed E-state index contributed by atoms with van der Waals surface area (Å²) in [6.07, 6.45) is 1.43. The van der Waals surface area contributed by atoms with Crippen molar-refractivity contribution in [3.63, 3.8) is 0 Å². The standard InChI is InChI=1S/C29H27Cl2N5O6/c1-5-39-22-12-7-17(13-23(22)40-6-2)16-36-24-25(34(3)29(38)35(4)27(24)37)33-28(36)42-20-10-8-19(9-11-20)41-26-21(31)14-18(30)15-32-26/h7-15H,5-6,16H2,1-4H3. The van der Waals surface area contributed by atoms with Crippen molar-refractivity contribution in [1.29, 1.82) is 0 Å². The highest BCUT2D eigenvalue weighted by molar-refractivity contribution is 6.35. The summed E-state index contributed by atoms with van der Waals surface area (Å²) in [5.41, 5.74) is 0.210. The Labute approximate surface area is 250 Å². The smallest absolute Gasteiger partial charge is 0.332 e. The number of aromatic nitrogens is 5. The van der Waals surface area contributed by atoms with Gasteiger partial charge < -0.3 is 18.9 Å². The van der Waals surface area contributed by atoms with Crippen molar-refractivity contribution < 1.29 is 18.9 Å². The molecule has 0 spiro atoms. The number of imidazole rings is 1. The van der Waals surface area contributed by atoms with E-state index in [1.165, 1.54) is 23.9 Å². The second-order valence-corrected chi connectivity index (χ2v) is 9.97. The fourth-order valence-electron chi connectivity index (χ4n) is 4.30. The zero-order valence-electron chi connectivity index (χ0n) is 23.3. The number of aryl methyl sites for hydroxylation is 1. The molecule has 3 aromatic heterocycles. The van der Waals surface area contributed by atoms with Crippen LogP contribution in [0.25, 0.3) is 11.2 Å². The van der Waals surface area contributed by atoms with Crippen molar-refractivity contribution in [2.24, 2.45) is 14.1 Å². The number of benzene rings is 2. The summed E-state index contributed by atoms with van der Waals surface area (Å²) in [5, 5.41) is 0.663. The summed E-state index contributed by atoms with van der Waals surface area (Å²) < 4.78 is 27.4. The van der Waals surface area contributed by atoms with Gasteiger partial charge in [0.1, 0.15) is 16.5 Å². The normalized spacial score (nSPS) is 11.1. The minimum absolute atomic E-state index is 0.117. The number of nitrogens with zero attached hydrogens (tertiary/aromatic N) is 5. The lowest BCUT2D eigenvalue weighted by Crippen LogP contribution is -2.37. The van der Waals surface area contributed by atoms with Crippen LogP contribution in [0.4, 0.5) is 0 Å². The first kappa shape index (κ1) is 29.0. The minimum Gasteiger partial charge on any atom is -0.490 e. The van der Waals surface area contributed by atoms with E-state index in [9.17, 15) is 9.59 Å². The number of rotatable bonds is 10. The predicted molar refractivity (Wildman–Crippen MR) is 159 cm³/mol. The van der Waals surface area contributed by atoms with E-state index in [1.54, 1.807) is 35.9 Å². The number of pyridine rings is 1. The Morgan fingerprint density at radius 3 is 2.17 bits per heavy atom. The van der Waals surface area contributed by atoms with Gasteiger partial charge in [0.05, 0.1) is 24.8 Å². The lowest BCUT2D eigenvalue weighted by atomic mass is 10.2. The molecule has 0 radical (unpaired) electrons. The maximum absolute atomic E-state index is 13.3. The lowest BCUT2D eigenvalue weighted by molar-refractivity contribution is 0.287. The molecule has 13 heteroatoms. The van der Waals surface area contributed by atoms with Gasteiger partial charge in [-0.15, -0.1) is 0 Å². The van der Waals surface area contributed by atoms with E-state index < -0.39 is 11.2 Å². The molecule has 11 nitrogen and oxygen atoms in total. The summed E-state index contributed by atoms with van der Waals surface area (Å²) in [6.45, 7) is 4.93. The van der Waals surface area contributed by atoms with Crippen molar-refractivity contribution >= 4 is 34.4 Å². The molecule has 0 aliphatic heterocycles. The Bertz CT molecular complexity index is 1880. The van der Waals surface area contributed by atoms with Gasteiger partial charge in [0.25, 0.3) is 5.56 Å². The van der Waals surface area contributed by atoms with Crippen LogP contribution in [-0.2, 0) is 20.6 Å². The number of halogens is 2. The highest BCUT2D eigenvalue weighted by atomic mass is 35.5. The van der Waals surface area contributed by atoms with Gasteiger partial charge in [0.2, 0.25) is 5.88 Å². The third-order valence-corrected chi connectivity index (χ3v) is 6.76. The van der Waals surface area contributed by atoms with E-state index in [1.807, 2.05) is 32.0 Å². The second-order valence-electron chi connectivity index (χ2n) is 9.12. The summed E-state index contributed by atoms with van der Waals surface area (Å²) in [5.74, 6) is 2.27. The number of fused-ring (bicyclic) bond motifs is 1. The van der Waals surface area contributed by atoms with Gasteiger partial charge in [-0.25, -0.2) is 9.78 Å². The highest BCUT2D eigenvalue weighted by Gasteiger charge is 2.21. The van der Waals surface area contributed by atoms with E-state index in [-0.39, 0.29) is 34.6 Å². The predicted octanol–water partition coefficient (Wildman–Crippen LogP) is 5.57. The van der Waals surface area contributed by atoms with Crippen LogP contribution >= 0.6 is 23.2 Å². The van der Waals surface area contributed by atoms with Gasteiger partial charge >= 0.3 is 11.7 Å². The molecule has 0 bridgehead atoms. The van der Waals surface area contributed by atoms with E-state index in [0.29, 0.717) is 41.2 Å². The molecule has 5 rings (SSSR count). The van der Waals surface area contributed by atoms with Crippen LogP contribution in [0.15, 0.2) is 64.3 Å². The second kappa shape index (κ2) is 12.2. The van der Waals surface area contributed by atoms with Gasteiger partial charge in [-0.3, -0.25) is 18.5 Å². The minimum atomic E-state index is -0.501. The van der Waals surface area contributed by atoms with Crippen molar-refractivity contribution in [1.82, 2.24) is 23.7 Å². The summed E-state index contributed by atoms with van der Waals surface area (Å²) in [7, 11) is 2.98. The molecule has 0 fully saturated rings. The Hall–Kier alpha value is -4.48. The Balaban J connectivity index is 1.53. The first-order valence-electron chi connectivity index (χ1n) is 13.0. The van der Waals surface area contributed by atoms with E-state index >= 15 is 0 Å². The molecular weight excluding hydrogens is 585 g/mol. The Morgan fingerprint density at radius 2 is 1.50 bits per heavy atom. The van der Waals surface area contributed by atoms with Gasteiger partial charge in [-0.2, -0.15) is 4.98 Å². The van der Waals surface area contributed by atoms with Crippen molar-refractivity contribution in [2.75, 3.05) is 13.2 Å². The first-order chi connectivity index (χ1) is 20.2. The molecule has 0 aliphatic carbocycles. The maximum atomic E-state index is 13.3. The SMILES string of the molecule is CCOc1ccc(Cn2c(Oc3ccc(Oc4ncc(Cl)cc4Cl)cc3)nc3c2c(=O)n(C)c(=O)n3C)cc1OCC. The molecule has 0 aliphatic rings. The molecule has 0 N–H and O–H groups in total. The number of hydrogen-bond acceptors (Lipinski definition) is 8. The largest absolute Gasteiger partial charge is 0.490 e. The zero-order valence-corrected chi connectivity index (χ0v) is 24.8. The Morgan fingerprint density at radius 1 is 0.833 bits per heavy atom. The molecule has 0 saturated carbocycles. The first-order valence-corrected chi connectivity index (χ1v) is 13.8. The Kier molecular flexibility index (Phi) is 8.41. The highest BCUT2D eigenvalue weighted by Crippen LogP contribution is 2.33. The fraction of sp³-hybridized carbons (Fsp3) is 0.241. The molecule has 0 saturated heterocycles. The molecule has 42 heavy (non-hydrogen) atoms. The topological polar surface area (TPSA) is 112 Å². The van der Waals surface area contributed by atoms with Crippen molar-refractivity contribution in [3.8, 4) is 34.9 Å². The molecule has 5 aromatic rings. The molecule has 2 aromatic carbocycles. The summed E-state index contributed by atoms with van der Waals surface area (Å²) in [6, 6.07) is 13.9. The molecule has 0 unspecified atom stereocenters. The maximum Gasteiger partial charge on any atom is 0.332 e. The molecular formula is C29H27Cl2N5O6. The zero-order chi connectivity index (χ0) is 30.0. The third-order valence-electron chi connectivity index (χ3n) is 6.28. The quantitative estimate of drug-likeness (QED) is 0.202. The van der Waals surface area contributed by atoms with Crippen LogP contribution < -0.4 is 30.2 Å². The van der Waals surface area contributed by atoms with Gasteiger partial charge in [0, 0.05) is 20.3 Å². The molecule has 0 atom stereocenters. The number of ether oxygens (including phenoxy) is 4. The average Bonchev–Trinajstić information content (AvgIpc) is 3.32. The third kappa shape index (κ3) is 5.79. The van der Waals surface area contributed by atoms with Crippen LogP contribution in [-0.4, -0.2) is 36.9 Å². The summed E-state index contributed by atoms with van der Waals surface area (Å²) >= 11 is 12.1. The van der Waals surface area contributed by atoms with E-state index in [2.05, 4.69) is 9.97 Å². The summed E-state index contributed by atoms with van der Waals surface area (Å²) in [4.78, 5) is 34.6.